The lowest BCUT2D eigenvalue weighted by atomic mass is 10.1. The minimum Gasteiger partial charge on any atom is -0.381 e. The van der Waals surface area contributed by atoms with E-state index in [4.69, 9.17) is 16.3 Å². The Bertz CT molecular complexity index is 403. The molecule has 0 aliphatic carbocycles. The van der Waals surface area contributed by atoms with E-state index in [1.54, 1.807) is 4.90 Å². The molecule has 0 atom stereocenters. The summed E-state index contributed by atoms with van der Waals surface area (Å²) in [5.41, 5.74) is 0. The second-order valence-electron chi connectivity index (χ2n) is 4.25. The number of carbonyl (C=O) groups excluding carboxylic acids is 1. The highest BCUT2D eigenvalue weighted by Gasteiger charge is 2.33. The van der Waals surface area contributed by atoms with Crippen LogP contribution < -0.4 is 5.32 Å². The Labute approximate surface area is 104 Å². The van der Waals surface area contributed by atoms with Gasteiger partial charge in [0.15, 0.2) is 5.82 Å². The molecule has 0 aromatic rings. The number of halogens is 1. The maximum Gasteiger partial charge on any atom is 0.330 e. The van der Waals surface area contributed by atoms with E-state index in [1.165, 1.54) is 0 Å². The number of carbonyl (C=O) groups is 1. The van der Waals surface area contributed by atoms with E-state index < -0.39 is 0 Å². The summed E-state index contributed by atoms with van der Waals surface area (Å²) in [6.45, 7) is 2.10. The highest BCUT2D eigenvalue weighted by molar-refractivity contribution is 6.66. The molecule has 0 aromatic carbocycles. The van der Waals surface area contributed by atoms with Crippen LogP contribution in [0.3, 0.4) is 0 Å². The normalized spacial score (nSPS) is 25.4. The largest absolute Gasteiger partial charge is 0.381 e. The molecule has 0 aromatic heterocycles. The monoisotopic (exact) mass is 256 g/mol. The molecule has 2 amide bonds. The second-order valence-corrected chi connectivity index (χ2v) is 4.61. The van der Waals surface area contributed by atoms with Gasteiger partial charge in [0.2, 0.25) is 5.29 Å². The maximum absolute atomic E-state index is 11.7. The summed E-state index contributed by atoms with van der Waals surface area (Å²) in [6.07, 6.45) is 3.87. The van der Waals surface area contributed by atoms with Crippen molar-refractivity contribution in [2.24, 2.45) is 4.99 Å². The van der Waals surface area contributed by atoms with Crippen molar-refractivity contribution in [1.82, 2.24) is 15.1 Å². The van der Waals surface area contributed by atoms with Crippen LogP contribution in [-0.2, 0) is 4.74 Å². The van der Waals surface area contributed by atoms with Crippen LogP contribution in [0.2, 0.25) is 0 Å². The Morgan fingerprint density at radius 1 is 1.47 bits per heavy atom. The summed E-state index contributed by atoms with van der Waals surface area (Å²) in [5.74, 6) is 0.616. The van der Waals surface area contributed by atoms with Crippen LogP contribution >= 0.6 is 11.6 Å². The van der Waals surface area contributed by atoms with E-state index >= 15 is 0 Å². The number of ether oxygens (including phenoxy) is 1. The minimum absolute atomic E-state index is 0.131. The smallest absolute Gasteiger partial charge is 0.330 e. The molecule has 0 unspecified atom stereocenters. The SMILES string of the molecule is O=C1NC(Cl)=NC2=CN(C3CCOCC3)CN12. The van der Waals surface area contributed by atoms with Crippen LogP contribution in [0.25, 0.3) is 0 Å². The first kappa shape index (κ1) is 10.9. The summed E-state index contributed by atoms with van der Waals surface area (Å²) in [7, 11) is 0. The van der Waals surface area contributed by atoms with E-state index in [9.17, 15) is 4.79 Å². The van der Waals surface area contributed by atoms with Crippen LogP contribution in [0.5, 0.6) is 0 Å². The van der Waals surface area contributed by atoms with Crippen LogP contribution in [0.15, 0.2) is 17.0 Å². The van der Waals surface area contributed by atoms with Gasteiger partial charge in [-0.2, -0.15) is 0 Å². The number of amidine groups is 1. The first-order chi connectivity index (χ1) is 8.24. The Morgan fingerprint density at radius 3 is 3.00 bits per heavy atom. The van der Waals surface area contributed by atoms with Gasteiger partial charge in [0.05, 0.1) is 0 Å². The fourth-order valence-electron chi connectivity index (χ4n) is 2.27. The van der Waals surface area contributed by atoms with Gasteiger partial charge < -0.3 is 9.64 Å². The van der Waals surface area contributed by atoms with Crippen LogP contribution in [-0.4, -0.2) is 47.1 Å². The Kier molecular flexibility index (Phi) is 2.68. The average molecular weight is 257 g/mol. The van der Waals surface area contributed by atoms with Gasteiger partial charge in [-0.25, -0.2) is 9.79 Å². The first-order valence-electron chi connectivity index (χ1n) is 5.62. The predicted octanol–water partition coefficient (Wildman–Crippen LogP) is 0.857. The van der Waals surface area contributed by atoms with E-state index in [0.717, 1.165) is 26.1 Å². The molecule has 3 rings (SSSR count). The number of hydrogen-bond donors (Lipinski definition) is 1. The van der Waals surface area contributed by atoms with Gasteiger partial charge >= 0.3 is 6.03 Å². The summed E-state index contributed by atoms with van der Waals surface area (Å²) in [4.78, 5) is 19.5. The third-order valence-electron chi connectivity index (χ3n) is 3.19. The standard InChI is InChI=1S/C10H13ClN4O2/c11-9-12-8-5-14(6-15(8)10(16)13-9)7-1-3-17-4-2-7/h5,7H,1-4,6H2,(H,12,13,16). The molecule has 0 bridgehead atoms. The predicted molar refractivity (Wildman–Crippen MR) is 62.3 cm³/mol. The number of hydrogen-bond acceptors (Lipinski definition) is 4. The van der Waals surface area contributed by atoms with Crippen LogP contribution in [0, 0.1) is 0 Å². The lowest BCUT2D eigenvalue weighted by Gasteiger charge is -2.31. The molecule has 1 saturated heterocycles. The van der Waals surface area contributed by atoms with Gasteiger partial charge in [0.1, 0.15) is 6.67 Å². The third kappa shape index (κ3) is 1.98. The molecule has 3 aliphatic heterocycles. The highest BCUT2D eigenvalue weighted by atomic mass is 35.5. The Morgan fingerprint density at radius 2 is 2.24 bits per heavy atom. The van der Waals surface area contributed by atoms with E-state index in [1.807, 2.05) is 6.20 Å². The number of nitrogens with zero attached hydrogens (tertiary/aromatic N) is 3. The molecule has 3 aliphatic rings. The van der Waals surface area contributed by atoms with E-state index in [2.05, 4.69) is 15.2 Å². The molecule has 1 N–H and O–H groups in total. The van der Waals surface area contributed by atoms with Crippen LogP contribution in [0.1, 0.15) is 12.8 Å². The molecule has 0 radical (unpaired) electrons. The first-order valence-corrected chi connectivity index (χ1v) is 6.00. The molecule has 92 valence electrons. The summed E-state index contributed by atoms with van der Waals surface area (Å²) < 4.78 is 5.33. The van der Waals surface area contributed by atoms with Crippen LogP contribution in [0.4, 0.5) is 4.79 Å². The van der Waals surface area contributed by atoms with Crippen molar-refractivity contribution in [3.8, 4) is 0 Å². The van der Waals surface area contributed by atoms with Gasteiger partial charge in [-0.1, -0.05) is 0 Å². The molecular formula is C10H13ClN4O2. The Balaban J connectivity index is 1.77. The second kappa shape index (κ2) is 4.19. The molecule has 1 fully saturated rings. The fourth-order valence-corrected chi connectivity index (χ4v) is 2.44. The zero-order valence-electron chi connectivity index (χ0n) is 9.23. The summed E-state index contributed by atoms with van der Waals surface area (Å²) in [6, 6.07) is 0.203. The van der Waals surface area contributed by atoms with Crippen molar-refractivity contribution in [3.63, 3.8) is 0 Å². The maximum atomic E-state index is 11.7. The number of nitrogens with one attached hydrogen (secondary N) is 1. The topological polar surface area (TPSA) is 57.2 Å². The van der Waals surface area contributed by atoms with E-state index in [0.29, 0.717) is 18.5 Å². The van der Waals surface area contributed by atoms with Crippen molar-refractivity contribution in [2.75, 3.05) is 19.9 Å². The van der Waals surface area contributed by atoms with E-state index in [-0.39, 0.29) is 11.3 Å². The zero-order chi connectivity index (χ0) is 11.8. The molecular weight excluding hydrogens is 244 g/mol. The van der Waals surface area contributed by atoms with Gasteiger partial charge in [0.25, 0.3) is 0 Å². The number of aliphatic imine (C=N–C) groups is 1. The number of fused-ring (bicyclic) bond motifs is 1. The highest BCUT2D eigenvalue weighted by Crippen LogP contribution is 2.25. The van der Waals surface area contributed by atoms with Gasteiger partial charge in [0, 0.05) is 25.5 Å². The minimum atomic E-state index is -0.217. The van der Waals surface area contributed by atoms with Crippen molar-refractivity contribution in [2.45, 2.75) is 18.9 Å². The average Bonchev–Trinajstić information content (AvgIpc) is 2.74. The van der Waals surface area contributed by atoms with Gasteiger partial charge in [-0.15, -0.1) is 0 Å². The molecule has 0 saturated carbocycles. The van der Waals surface area contributed by atoms with Crippen molar-refractivity contribution < 1.29 is 9.53 Å². The van der Waals surface area contributed by atoms with Gasteiger partial charge in [-0.05, 0) is 24.4 Å². The summed E-state index contributed by atoms with van der Waals surface area (Å²) in [5, 5.41) is 2.62. The van der Waals surface area contributed by atoms with Crippen molar-refractivity contribution in [3.05, 3.63) is 12.0 Å². The molecule has 3 heterocycles. The third-order valence-corrected chi connectivity index (χ3v) is 3.37. The lowest BCUT2D eigenvalue weighted by molar-refractivity contribution is 0.0459. The molecule has 7 heteroatoms. The number of urea groups is 1. The number of rotatable bonds is 1. The van der Waals surface area contributed by atoms with Crippen molar-refractivity contribution >= 4 is 22.9 Å². The number of amides is 2. The fraction of sp³-hybridized carbons (Fsp3) is 0.600. The zero-order valence-corrected chi connectivity index (χ0v) is 9.98. The quantitative estimate of drug-likeness (QED) is 0.708. The van der Waals surface area contributed by atoms with Crippen molar-refractivity contribution in [1.29, 1.82) is 0 Å². The van der Waals surface area contributed by atoms with Gasteiger partial charge in [-0.3, -0.25) is 10.2 Å². The molecule has 0 spiro atoms. The summed E-state index contributed by atoms with van der Waals surface area (Å²) >= 11 is 5.72. The molecule has 17 heavy (non-hydrogen) atoms. The lowest BCUT2D eigenvalue weighted by Crippen LogP contribution is -2.46. The molecule has 6 nitrogen and oxygen atoms in total. The Hall–Kier alpha value is -1.27.